The van der Waals surface area contributed by atoms with Crippen LogP contribution in [0.1, 0.15) is 20.3 Å². The van der Waals surface area contributed by atoms with Gasteiger partial charge in [0.05, 0.1) is 11.9 Å². The first kappa shape index (κ1) is 12.5. The molecule has 0 unspecified atom stereocenters. The maximum atomic E-state index is 11.8. The fraction of sp³-hybridized carbons (Fsp3) is 0.636. The van der Waals surface area contributed by atoms with Gasteiger partial charge in [0, 0.05) is 19.8 Å². The summed E-state index contributed by atoms with van der Waals surface area (Å²) in [6.07, 6.45) is 4.22. The third-order valence-corrected chi connectivity index (χ3v) is 2.42. The van der Waals surface area contributed by atoms with Gasteiger partial charge < -0.3 is 10.6 Å². The van der Waals surface area contributed by atoms with Crippen LogP contribution in [0.15, 0.2) is 12.4 Å². The number of rotatable bonds is 5. The molecule has 0 saturated carbocycles. The van der Waals surface area contributed by atoms with Crippen LogP contribution in [-0.4, -0.2) is 34.2 Å². The second kappa shape index (κ2) is 5.53. The lowest BCUT2D eigenvalue weighted by Gasteiger charge is -2.18. The summed E-state index contributed by atoms with van der Waals surface area (Å²) in [5, 5.41) is 3.98. The van der Waals surface area contributed by atoms with Crippen molar-refractivity contribution in [2.45, 2.75) is 26.8 Å². The van der Waals surface area contributed by atoms with E-state index in [1.165, 1.54) is 0 Å². The van der Waals surface area contributed by atoms with Gasteiger partial charge in [-0.05, 0) is 12.3 Å². The standard InChI is InChI=1S/C11H20N4O/c1-9(2)4-5-14(3)11(16)8-15-7-10(12)6-13-15/h6-7,9H,4-5,8,12H2,1-3H3. The lowest BCUT2D eigenvalue weighted by Crippen LogP contribution is -2.31. The van der Waals surface area contributed by atoms with E-state index in [1.807, 2.05) is 7.05 Å². The Labute approximate surface area is 96.2 Å². The summed E-state index contributed by atoms with van der Waals surface area (Å²) in [5.74, 6) is 0.666. The monoisotopic (exact) mass is 224 g/mol. The minimum atomic E-state index is 0.0590. The number of amides is 1. The molecule has 0 bridgehead atoms. The zero-order valence-corrected chi connectivity index (χ0v) is 10.2. The highest BCUT2D eigenvalue weighted by atomic mass is 16.2. The Bertz CT molecular complexity index is 346. The largest absolute Gasteiger partial charge is 0.396 e. The molecule has 2 N–H and O–H groups in total. The number of nitrogens with zero attached hydrogens (tertiary/aromatic N) is 3. The molecule has 0 aliphatic carbocycles. The van der Waals surface area contributed by atoms with Gasteiger partial charge in [-0.3, -0.25) is 9.48 Å². The number of aromatic nitrogens is 2. The lowest BCUT2D eigenvalue weighted by molar-refractivity contribution is -0.130. The van der Waals surface area contributed by atoms with Crippen molar-refractivity contribution in [1.82, 2.24) is 14.7 Å². The Morgan fingerprint density at radius 3 is 2.81 bits per heavy atom. The Morgan fingerprint density at radius 2 is 2.31 bits per heavy atom. The van der Waals surface area contributed by atoms with Gasteiger partial charge in [-0.25, -0.2) is 0 Å². The summed E-state index contributed by atoms with van der Waals surface area (Å²) in [6.45, 7) is 5.33. The molecule has 5 nitrogen and oxygen atoms in total. The van der Waals surface area contributed by atoms with Crippen LogP contribution in [-0.2, 0) is 11.3 Å². The van der Waals surface area contributed by atoms with Crippen molar-refractivity contribution in [3.05, 3.63) is 12.4 Å². The van der Waals surface area contributed by atoms with E-state index in [0.717, 1.165) is 13.0 Å². The van der Waals surface area contributed by atoms with Crippen molar-refractivity contribution >= 4 is 11.6 Å². The average molecular weight is 224 g/mol. The van der Waals surface area contributed by atoms with Crippen LogP contribution in [0.25, 0.3) is 0 Å². The maximum Gasteiger partial charge on any atom is 0.244 e. The molecule has 0 fully saturated rings. The molecule has 0 aliphatic heterocycles. The number of carbonyl (C=O) groups excluding carboxylic acids is 1. The molecule has 16 heavy (non-hydrogen) atoms. The summed E-state index contributed by atoms with van der Waals surface area (Å²) in [6, 6.07) is 0. The fourth-order valence-electron chi connectivity index (χ4n) is 1.30. The second-order valence-electron chi connectivity index (χ2n) is 4.47. The van der Waals surface area contributed by atoms with E-state index in [-0.39, 0.29) is 12.5 Å². The average Bonchev–Trinajstić information content (AvgIpc) is 2.60. The molecule has 0 saturated heterocycles. The highest BCUT2D eigenvalue weighted by molar-refractivity contribution is 5.75. The predicted octanol–water partition coefficient (Wildman–Crippen LogP) is 0.970. The summed E-state index contributed by atoms with van der Waals surface area (Å²) in [7, 11) is 1.82. The van der Waals surface area contributed by atoms with Gasteiger partial charge in [-0.2, -0.15) is 5.10 Å². The normalized spacial score (nSPS) is 10.8. The van der Waals surface area contributed by atoms with Crippen LogP contribution in [0.3, 0.4) is 0 Å². The number of carbonyl (C=O) groups is 1. The quantitative estimate of drug-likeness (QED) is 0.810. The molecule has 1 aromatic rings. The highest BCUT2D eigenvalue weighted by Gasteiger charge is 2.10. The highest BCUT2D eigenvalue weighted by Crippen LogP contribution is 2.02. The first-order valence-corrected chi connectivity index (χ1v) is 5.51. The minimum Gasteiger partial charge on any atom is -0.396 e. The number of anilines is 1. The van der Waals surface area contributed by atoms with Gasteiger partial charge in [0.15, 0.2) is 0 Å². The van der Waals surface area contributed by atoms with Gasteiger partial charge in [0.1, 0.15) is 6.54 Å². The third-order valence-electron chi connectivity index (χ3n) is 2.42. The Morgan fingerprint density at radius 1 is 1.62 bits per heavy atom. The molecule has 5 heteroatoms. The van der Waals surface area contributed by atoms with Crippen molar-refractivity contribution in [3.8, 4) is 0 Å². The first-order valence-electron chi connectivity index (χ1n) is 5.51. The summed E-state index contributed by atoms with van der Waals surface area (Å²) >= 11 is 0. The van der Waals surface area contributed by atoms with E-state index in [0.29, 0.717) is 11.6 Å². The molecule has 0 aliphatic rings. The molecule has 0 spiro atoms. The number of nitrogens with two attached hydrogens (primary N) is 1. The number of hydrogen-bond acceptors (Lipinski definition) is 3. The van der Waals surface area contributed by atoms with Gasteiger partial charge in [-0.15, -0.1) is 0 Å². The van der Waals surface area contributed by atoms with Gasteiger partial charge >= 0.3 is 0 Å². The first-order chi connectivity index (χ1) is 7.49. The molecule has 0 aromatic carbocycles. The van der Waals surface area contributed by atoms with E-state index < -0.39 is 0 Å². The number of nitrogen functional groups attached to an aromatic ring is 1. The molecule has 0 atom stereocenters. The van der Waals surface area contributed by atoms with E-state index in [2.05, 4.69) is 18.9 Å². The van der Waals surface area contributed by atoms with Crippen LogP contribution < -0.4 is 5.73 Å². The Balaban J connectivity index is 2.39. The van der Waals surface area contributed by atoms with Gasteiger partial charge in [0.2, 0.25) is 5.91 Å². The summed E-state index contributed by atoms with van der Waals surface area (Å²) in [5.41, 5.74) is 6.10. The van der Waals surface area contributed by atoms with E-state index >= 15 is 0 Å². The number of likely N-dealkylation sites (N-methyl/N-ethyl adjacent to an activating group) is 1. The fourth-order valence-corrected chi connectivity index (χ4v) is 1.30. The Hall–Kier alpha value is -1.52. The van der Waals surface area contributed by atoms with Crippen LogP contribution in [0.5, 0.6) is 0 Å². The SMILES string of the molecule is CC(C)CCN(C)C(=O)Cn1cc(N)cn1. The van der Waals surface area contributed by atoms with Crippen molar-refractivity contribution in [1.29, 1.82) is 0 Å². The summed E-state index contributed by atoms with van der Waals surface area (Å²) in [4.78, 5) is 13.5. The smallest absolute Gasteiger partial charge is 0.244 e. The van der Waals surface area contributed by atoms with Crippen LogP contribution in [0.4, 0.5) is 5.69 Å². The molecular weight excluding hydrogens is 204 g/mol. The molecule has 90 valence electrons. The molecule has 1 heterocycles. The molecule has 1 aromatic heterocycles. The number of hydrogen-bond donors (Lipinski definition) is 1. The van der Waals surface area contributed by atoms with E-state index in [1.54, 1.807) is 22.0 Å². The second-order valence-corrected chi connectivity index (χ2v) is 4.47. The molecule has 1 rings (SSSR count). The van der Waals surface area contributed by atoms with E-state index in [4.69, 9.17) is 5.73 Å². The topological polar surface area (TPSA) is 64.2 Å². The van der Waals surface area contributed by atoms with Gasteiger partial charge in [-0.1, -0.05) is 13.8 Å². The third kappa shape index (κ3) is 3.92. The molecule has 0 radical (unpaired) electrons. The van der Waals surface area contributed by atoms with Crippen LogP contribution in [0.2, 0.25) is 0 Å². The van der Waals surface area contributed by atoms with Crippen molar-refractivity contribution in [2.24, 2.45) is 5.92 Å². The van der Waals surface area contributed by atoms with Gasteiger partial charge in [0.25, 0.3) is 0 Å². The zero-order chi connectivity index (χ0) is 12.1. The Kier molecular flexibility index (Phi) is 4.34. The maximum absolute atomic E-state index is 11.8. The zero-order valence-electron chi connectivity index (χ0n) is 10.2. The van der Waals surface area contributed by atoms with Crippen LogP contribution in [0, 0.1) is 5.92 Å². The van der Waals surface area contributed by atoms with Crippen molar-refractivity contribution in [2.75, 3.05) is 19.3 Å². The molecule has 1 amide bonds. The predicted molar refractivity (Wildman–Crippen MR) is 63.7 cm³/mol. The summed E-state index contributed by atoms with van der Waals surface area (Å²) < 4.78 is 1.56. The lowest BCUT2D eigenvalue weighted by atomic mass is 10.1. The minimum absolute atomic E-state index is 0.0590. The molecular formula is C11H20N4O. The van der Waals surface area contributed by atoms with Crippen molar-refractivity contribution < 1.29 is 4.79 Å². The van der Waals surface area contributed by atoms with E-state index in [9.17, 15) is 4.79 Å². The van der Waals surface area contributed by atoms with Crippen molar-refractivity contribution in [3.63, 3.8) is 0 Å². The van der Waals surface area contributed by atoms with Crippen LogP contribution >= 0.6 is 0 Å².